The Labute approximate surface area is 417 Å². The Bertz CT molecular complexity index is 2620. The normalized spacial score (nSPS) is 28.9. The van der Waals surface area contributed by atoms with Crippen LogP contribution in [0.15, 0.2) is 102 Å². The van der Waals surface area contributed by atoms with Crippen LogP contribution in [0.1, 0.15) is 106 Å². The number of hydrogen-bond donors (Lipinski definition) is 3. The molecule has 2 amide bonds. The first-order valence-electron chi connectivity index (χ1n) is 23.9. The molecular formula is C54H62N2O16. The molecule has 0 aromatic heterocycles. The van der Waals surface area contributed by atoms with Gasteiger partial charge in [-0.2, -0.15) is 0 Å². The fourth-order valence-electron chi connectivity index (χ4n) is 11.2. The van der Waals surface area contributed by atoms with Gasteiger partial charge in [0.25, 0.3) is 5.91 Å². The van der Waals surface area contributed by atoms with E-state index in [9.17, 15) is 43.8 Å². The van der Waals surface area contributed by atoms with Crippen LogP contribution in [0.3, 0.4) is 0 Å². The Morgan fingerprint density at radius 2 is 1.40 bits per heavy atom. The topological polar surface area (TPSA) is 248 Å². The summed E-state index contributed by atoms with van der Waals surface area (Å²) in [6.07, 6.45) is -11.1. The summed E-state index contributed by atoms with van der Waals surface area (Å²) in [5.74, 6) is -8.23. The van der Waals surface area contributed by atoms with E-state index in [4.69, 9.17) is 28.4 Å². The molecule has 1 saturated heterocycles. The molecule has 1 heterocycles. The number of hydrogen-bond acceptors (Lipinski definition) is 16. The first kappa shape index (κ1) is 53.0. The number of rotatable bonds is 15. The quantitative estimate of drug-likeness (QED) is 0.107. The van der Waals surface area contributed by atoms with Crippen molar-refractivity contribution >= 4 is 47.4 Å². The Morgan fingerprint density at radius 3 is 1.96 bits per heavy atom. The average Bonchev–Trinajstić information content (AvgIpc) is 3.33. The Balaban J connectivity index is 1.40. The van der Waals surface area contributed by atoms with Gasteiger partial charge in [0.2, 0.25) is 5.91 Å². The number of nitrogens with one attached hydrogen (secondary N) is 1. The summed E-state index contributed by atoms with van der Waals surface area (Å²) in [6, 6.07) is 22.7. The van der Waals surface area contributed by atoms with Crippen LogP contribution < -0.4 is 5.32 Å². The van der Waals surface area contributed by atoms with Gasteiger partial charge in [-0.1, -0.05) is 80.6 Å². The number of aliphatic hydroxyl groups excluding tert-OH is 1. The zero-order valence-electron chi connectivity index (χ0n) is 41.6. The first-order chi connectivity index (χ1) is 34.0. The summed E-state index contributed by atoms with van der Waals surface area (Å²) in [5.41, 5.74) is -7.59. The molecule has 3 aromatic rings. The van der Waals surface area contributed by atoms with E-state index >= 15 is 4.79 Å². The van der Waals surface area contributed by atoms with Crippen LogP contribution in [0.5, 0.6) is 0 Å². The predicted octanol–water partition coefficient (Wildman–Crippen LogP) is 4.55. The number of esters is 5. The first-order valence-corrected chi connectivity index (χ1v) is 23.9. The molecule has 384 valence electrons. The highest BCUT2D eigenvalue weighted by atomic mass is 16.6. The lowest BCUT2D eigenvalue weighted by Gasteiger charge is -2.67. The summed E-state index contributed by atoms with van der Waals surface area (Å²) in [7, 11) is 3.15. The van der Waals surface area contributed by atoms with E-state index in [0.29, 0.717) is 5.56 Å². The number of carbonyl (C=O) groups is 8. The molecule has 7 rings (SSSR count). The fraction of sp³-hybridized carbons (Fsp3) is 0.481. The van der Waals surface area contributed by atoms with E-state index < -0.39 is 119 Å². The van der Waals surface area contributed by atoms with Crippen molar-refractivity contribution in [3.05, 3.63) is 119 Å². The minimum Gasteiger partial charge on any atom is -0.461 e. The number of ketones is 1. The fourth-order valence-corrected chi connectivity index (χ4v) is 11.2. The summed E-state index contributed by atoms with van der Waals surface area (Å²) in [4.78, 5) is 113. The lowest BCUT2D eigenvalue weighted by Crippen LogP contribution is -2.82. The maximum Gasteiger partial charge on any atom is 0.338 e. The van der Waals surface area contributed by atoms with Gasteiger partial charge in [-0.3, -0.25) is 28.8 Å². The number of ether oxygens (including phenoxy) is 6. The molecule has 72 heavy (non-hydrogen) atoms. The summed E-state index contributed by atoms with van der Waals surface area (Å²) in [5, 5.41) is 28.7. The van der Waals surface area contributed by atoms with Gasteiger partial charge in [0.15, 0.2) is 23.6 Å². The van der Waals surface area contributed by atoms with Gasteiger partial charge in [0.05, 0.1) is 29.5 Å². The van der Waals surface area contributed by atoms with Gasteiger partial charge in [-0.15, -0.1) is 0 Å². The molecule has 0 unspecified atom stereocenters. The second-order valence-corrected chi connectivity index (χ2v) is 20.0. The molecule has 18 nitrogen and oxygen atoms in total. The largest absolute Gasteiger partial charge is 0.461 e. The molecule has 0 spiro atoms. The number of carbonyl (C=O) groups excluding carboxylic acids is 8. The second kappa shape index (κ2) is 20.8. The van der Waals surface area contributed by atoms with Crippen LogP contribution in [0, 0.1) is 16.7 Å². The van der Waals surface area contributed by atoms with E-state index in [2.05, 4.69) is 5.32 Å². The maximum absolute atomic E-state index is 16.2. The summed E-state index contributed by atoms with van der Waals surface area (Å²) < 4.78 is 37.2. The lowest BCUT2D eigenvalue weighted by atomic mass is 9.44. The SMILES string of the molecule is CC(=O)O[C@H]1C(=O)[C@]2(C)[C@@H](OC(=O)CCCC(=O)N(C)C)C[C@H]3OC[C@@]3(OC(C)=O)[C@H]2[C@H](OC(=O)c2ccccc2)[C@]2(O)C[C@H](OC(=O)[C@H](O)[C@@H](NC(=O)c3ccccc3)c3ccccc3)C(C)=C1C2(C)C. The Hall–Kier alpha value is -6.76. The number of amides is 2. The highest BCUT2D eigenvalue weighted by Gasteiger charge is 2.79. The van der Waals surface area contributed by atoms with Gasteiger partial charge < -0.3 is 48.9 Å². The zero-order chi connectivity index (χ0) is 52.5. The molecule has 2 saturated carbocycles. The van der Waals surface area contributed by atoms with Gasteiger partial charge in [0, 0.05) is 64.6 Å². The van der Waals surface area contributed by atoms with Gasteiger partial charge >= 0.3 is 29.8 Å². The number of Topliss-reactive ketones (excluding diaryl/α,β-unsaturated/α-hetero) is 1. The van der Waals surface area contributed by atoms with Crippen molar-refractivity contribution < 1.29 is 77.0 Å². The molecule has 0 radical (unpaired) electrons. The van der Waals surface area contributed by atoms with Crippen LogP contribution in [0.25, 0.3) is 0 Å². The molecule has 1 aliphatic heterocycles. The van der Waals surface area contributed by atoms with Gasteiger partial charge in [-0.05, 0) is 61.2 Å². The smallest absolute Gasteiger partial charge is 0.338 e. The minimum atomic E-state index is -2.49. The monoisotopic (exact) mass is 994 g/mol. The maximum atomic E-state index is 16.2. The van der Waals surface area contributed by atoms with Crippen LogP contribution in [0.2, 0.25) is 0 Å². The van der Waals surface area contributed by atoms with Gasteiger partial charge in [0.1, 0.15) is 30.0 Å². The second-order valence-electron chi connectivity index (χ2n) is 20.0. The number of nitrogens with zero attached hydrogens (tertiary/aromatic N) is 1. The molecule has 2 bridgehead atoms. The van der Waals surface area contributed by atoms with E-state index in [-0.39, 0.29) is 60.5 Å². The molecule has 18 heteroatoms. The van der Waals surface area contributed by atoms with Crippen molar-refractivity contribution in [2.45, 2.75) is 128 Å². The molecule has 3 fully saturated rings. The lowest BCUT2D eigenvalue weighted by molar-refractivity contribution is -0.346. The third-order valence-electron chi connectivity index (χ3n) is 15.0. The predicted molar refractivity (Wildman–Crippen MR) is 254 cm³/mol. The number of fused-ring (bicyclic) bond motifs is 5. The minimum absolute atomic E-state index is 0.00643. The number of benzene rings is 3. The highest BCUT2D eigenvalue weighted by Crippen LogP contribution is 2.65. The van der Waals surface area contributed by atoms with E-state index in [0.717, 1.165) is 13.8 Å². The van der Waals surface area contributed by atoms with Crippen LogP contribution in [-0.4, -0.2) is 131 Å². The third kappa shape index (κ3) is 9.78. The van der Waals surface area contributed by atoms with Crippen molar-refractivity contribution in [3.8, 4) is 0 Å². The molecule has 3 aromatic carbocycles. The zero-order valence-corrected chi connectivity index (χ0v) is 41.6. The van der Waals surface area contributed by atoms with Crippen LogP contribution >= 0.6 is 0 Å². The van der Waals surface area contributed by atoms with Crippen molar-refractivity contribution in [2.24, 2.45) is 16.7 Å². The average molecular weight is 995 g/mol. The van der Waals surface area contributed by atoms with Gasteiger partial charge in [-0.25, -0.2) is 9.59 Å². The Kier molecular flexibility index (Phi) is 15.3. The standard InChI is InChI=1S/C54H62N2O16/c1-30-36(69-50(65)43(61)42(33-19-12-9-13-20-33)55-48(63)34-21-14-10-15-22-34)28-54(66)47(71-49(64)35-23-16-11-17-24-35)45-52(6,46(62)44(68-31(2)57)41(30)51(54,4)5)37(27-38-53(45,29-67-38)72-32(3)58)70-40(60)26-18-25-39(59)56(7)8/h9-17,19-24,36-38,42-45,47,61,66H,18,25-29H2,1-8H3,(H,55,63)/t36-,37-,38+,42-,43+,44+,45-,47-,52+,53-,54+/m0/s1. The number of aliphatic hydroxyl groups is 2. The molecule has 4 aliphatic rings. The van der Waals surface area contributed by atoms with E-state index in [1.807, 2.05) is 0 Å². The molecule has 3 N–H and O–H groups in total. The van der Waals surface area contributed by atoms with E-state index in [1.165, 1.54) is 30.9 Å². The molecule has 3 aliphatic carbocycles. The summed E-state index contributed by atoms with van der Waals surface area (Å²) >= 11 is 0. The van der Waals surface area contributed by atoms with Crippen molar-refractivity contribution in [1.82, 2.24) is 10.2 Å². The van der Waals surface area contributed by atoms with Crippen molar-refractivity contribution in [2.75, 3.05) is 20.7 Å². The summed E-state index contributed by atoms with van der Waals surface area (Å²) in [6.45, 7) is 7.83. The Morgan fingerprint density at radius 1 is 0.806 bits per heavy atom. The third-order valence-corrected chi connectivity index (χ3v) is 15.0. The van der Waals surface area contributed by atoms with Crippen LogP contribution in [-0.2, 0) is 57.2 Å². The van der Waals surface area contributed by atoms with Crippen LogP contribution in [0.4, 0.5) is 0 Å². The highest BCUT2D eigenvalue weighted by molar-refractivity contribution is 5.96. The van der Waals surface area contributed by atoms with E-state index in [1.54, 1.807) is 107 Å². The molecule has 11 atom stereocenters. The van der Waals surface area contributed by atoms with Crippen molar-refractivity contribution in [1.29, 1.82) is 0 Å². The molecular weight excluding hydrogens is 933 g/mol. The van der Waals surface area contributed by atoms with Crippen molar-refractivity contribution in [3.63, 3.8) is 0 Å².